The van der Waals surface area contributed by atoms with Gasteiger partial charge in [0.25, 0.3) is 5.56 Å². The van der Waals surface area contributed by atoms with Gasteiger partial charge >= 0.3 is 0 Å². The number of hydrogen-bond acceptors (Lipinski definition) is 4. The van der Waals surface area contributed by atoms with Crippen LogP contribution in [-0.4, -0.2) is 14.5 Å². The van der Waals surface area contributed by atoms with Gasteiger partial charge in [-0.1, -0.05) is 0 Å². The fourth-order valence-corrected chi connectivity index (χ4v) is 1.93. The SMILES string of the molecule is Cc1c(-c2ncccn2)c(C)n(C)c(=O)c1C#N. The lowest BCUT2D eigenvalue weighted by atomic mass is 10.0. The summed E-state index contributed by atoms with van der Waals surface area (Å²) in [4.78, 5) is 20.3. The van der Waals surface area contributed by atoms with Crippen molar-refractivity contribution in [1.82, 2.24) is 14.5 Å². The first-order valence-electron chi connectivity index (χ1n) is 5.45. The molecular formula is C13H12N4O. The Kier molecular flexibility index (Phi) is 2.94. The molecule has 0 saturated heterocycles. The summed E-state index contributed by atoms with van der Waals surface area (Å²) in [7, 11) is 1.64. The molecule has 0 aliphatic heterocycles. The highest BCUT2D eigenvalue weighted by Gasteiger charge is 2.17. The van der Waals surface area contributed by atoms with Crippen molar-refractivity contribution >= 4 is 0 Å². The van der Waals surface area contributed by atoms with E-state index >= 15 is 0 Å². The second kappa shape index (κ2) is 4.41. The molecule has 0 N–H and O–H groups in total. The van der Waals surface area contributed by atoms with E-state index in [4.69, 9.17) is 5.26 Å². The molecule has 5 heteroatoms. The Hall–Kier alpha value is -2.48. The standard InChI is InChI=1S/C13H12N4O/c1-8-10(7-14)13(18)17(3)9(2)11(8)12-15-5-4-6-16-12/h4-6H,1-3H3. The number of hydrogen-bond donors (Lipinski definition) is 0. The van der Waals surface area contributed by atoms with Gasteiger partial charge in [0, 0.05) is 30.7 Å². The highest BCUT2D eigenvalue weighted by atomic mass is 16.1. The molecule has 90 valence electrons. The number of nitriles is 1. The molecular weight excluding hydrogens is 228 g/mol. The summed E-state index contributed by atoms with van der Waals surface area (Å²) in [5, 5.41) is 9.08. The molecule has 0 amide bonds. The van der Waals surface area contributed by atoms with Crippen LogP contribution in [0.25, 0.3) is 11.4 Å². The molecule has 0 fully saturated rings. The van der Waals surface area contributed by atoms with Crippen LogP contribution < -0.4 is 5.56 Å². The van der Waals surface area contributed by atoms with Crippen molar-refractivity contribution in [3.63, 3.8) is 0 Å². The van der Waals surface area contributed by atoms with Crippen LogP contribution in [0.1, 0.15) is 16.8 Å². The number of rotatable bonds is 1. The predicted octanol–water partition coefficient (Wildman–Crippen LogP) is 1.33. The normalized spacial score (nSPS) is 10.1. The lowest BCUT2D eigenvalue weighted by Gasteiger charge is -2.13. The highest BCUT2D eigenvalue weighted by molar-refractivity contribution is 5.65. The van der Waals surface area contributed by atoms with Crippen LogP contribution in [0, 0.1) is 25.2 Å². The zero-order valence-corrected chi connectivity index (χ0v) is 10.4. The molecule has 0 unspecified atom stereocenters. The first-order chi connectivity index (χ1) is 8.57. The Morgan fingerprint density at radius 1 is 1.28 bits per heavy atom. The van der Waals surface area contributed by atoms with Crippen molar-refractivity contribution in [2.75, 3.05) is 0 Å². The van der Waals surface area contributed by atoms with Crippen LogP contribution in [0.4, 0.5) is 0 Å². The van der Waals surface area contributed by atoms with Gasteiger partial charge < -0.3 is 4.57 Å². The third kappa shape index (κ3) is 1.68. The Morgan fingerprint density at radius 2 is 1.89 bits per heavy atom. The van der Waals surface area contributed by atoms with Gasteiger partial charge in [0.15, 0.2) is 5.82 Å². The van der Waals surface area contributed by atoms with E-state index in [9.17, 15) is 4.79 Å². The summed E-state index contributed by atoms with van der Waals surface area (Å²) in [6, 6.07) is 3.68. The molecule has 0 aromatic carbocycles. The molecule has 0 aliphatic carbocycles. The van der Waals surface area contributed by atoms with Gasteiger partial charge in [-0.3, -0.25) is 4.79 Å². The zero-order valence-electron chi connectivity index (χ0n) is 10.4. The zero-order chi connectivity index (χ0) is 13.3. The van der Waals surface area contributed by atoms with Crippen molar-refractivity contribution in [2.24, 2.45) is 7.05 Å². The monoisotopic (exact) mass is 240 g/mol. The van der Waals surface area contributed by atoms with Crippen molar-refractivity contribution in [3.8, 4) is 17.5 Å². The molecule has 0 bridgehead atoms. The van der Waals surface area contributed by atoms with Crippen molar-refractivity contribution in [3.05, 3.63) is 45.6 Å². The van der Waals surface area contributed by atoms with Crippen LogP contribution in [0.15, 0.2) is 23.3 Å². The summed E-state index contributed by atoms with van der Waals surface area (Å²) in [6.45, 7) is 3.57. The summed E-state index contributed by atoms with van der Waals surface area (Å²) >= 11 is 0. The van der Waals surface area contributed by atoms with Gasteiger partial charge in [0.2, 0.25) is 0 Å². The summed E-state index contributed by atoms with van der Waals surface area (Å²) in [6.07, 6.45) is 3.27. The van der Waals surface area contributed by atoms with Crippen molar-refractivity contribution in [1.29, 1.82) is 5.26 Å². The second-order valence-corrected chi connectivity index (χ2v) is 4.01. The quantitative estimate of drug-likeness (QED) is 0.753. The van der Waals surface area contributed by atoms with Gasteiger partial charge in [-0.25, -0.2) is 9.97 Å². The summed E-state index contributed by atoms with van der Waals surface area (Å²) in [5.74, 6) is 0.527. The van der Waals surface area contributed by atoms with E-state index in [0.29, 0.717) is 11.4 Å². The number of pyridine rings is 1. The average molecular weight is 240 g/mol. The molecule has 2 aromatic heterocycles. The largest absolute Gasteiger partial charge is 0.314 e. The van der Waals surface area contributed by atoms with Crippen LogP contribution in [0.2, 0.25) is 0 Å². The molecule has 0 spiro atoms. The van der Waals surface area contributed by atoms with Crippen LogP contribution in [0.3, 0.4) is 0 Å². The Morgan fingerprint density at radius 3 is 2.44 bits per heavy atom. The minimum absolute atomic E-state index is 0.144. The van der Waals surface area contributed by atoms with Crippen LogP contribution >= 0.6 is 0 Å². The highest BCUT2D eigenvalue weighted by Crippen LogP contribution is 2.23. The Labute approximate surface area is 104 Å². The Bertz CT molecular complexity index is 696. The predicted molar refractivity (Wildman–Crippen MR) is 66.9 cm³/mol. The van der Waals surface area contributed by atoms with E-state index < -0.39 is 0 Å². The summed E-state index contributed by atoms with van der Waals surface area (Å²) < 4.78 is 1.46. The van der Waals surface area contributed by atoms with Crippen molar-refractivity contribution < 1.29 is 0 Å². The third-order valence-corrected chi connectivity index (χ3v) is 3.03. The maximum atomic E-state index is 11.9. The molecule has 2 rings (SSSR count). The van der Waals surface area contributed by atoms with E-state index in [2.05, 4.69) is 9.97 Å². The van der Waals surface area contributed by atoms with E-state index in [1.165, 1.54) is 4.57 Å². The molecule has 0 saturated carbocycles. The molecule has 0 atom stereocenters. The maximum Gasteiger partial charge on any atom is 0.268 e. The van der Waals surface area contributed by atoms with Gasteiger partial charge in [-0.2, -0.15) is 5.26 Å². The van der Waals surface area contributed by atoms with Crippen LogP contribution in [0.5, 0.6) is 0 Å². The van der Waals surface area contributed by atoms with Crippen LogP contribution in [-0.2, 0) is 7.05 Å². The minimum atomic E-state index is -0.285. The fraction of sp³-hybridized carbons (Fsp3) is 0.231. The Balaban J connectivity index is 2.90. The molecule has 5 nitrogen and oxygen atoms in total. The van der Waals surface area contributed by atoms with E-state index in [-0.39, 0.29) is 11.1 Å². The lowest BCUT2D eigenvalue weighted by Crippen LogP contribution is -2.24. The van der Waals surface area contributed by atoms with Gasteiger partial charge in [-0.05, 0) is 25.5 Å². The molecule has 18 heavy (non-hydrogen) atoms. The number of aromatic nitrogens is 3. The van der Waals surface area contributed by atoms with Crippen molar-refractivity contribution in [2.45, 2.75) is 13.8 Å². The van der Waals surface area contributed by atoms with E-state index in [0.717, 1.165) is 11.3 Å². The van der Waals surface area contributed by atoms with Gasteiger partial charge in [-0.15, -0.1) is 0 Å². The molecule has 0 aliphatic rings. The fourth-order valence-electron chi connectivity index (χ4n) is 1.93. The molecule has 0 radical (unpaired) electrons. The molecule has 2 aromatic rings. The van der Waals surface area contributed by atoms with Gasteiger partial charge in [0.05, 0.1) is 0 Å². The molecule has 2 heterocycles. The minimum Gasteiger partial charge on any atom is -0.314 e. The first-order valence-corrected chi connectivity index (χ1v) is 5.45. The van der Waals surface area contributed by atoms with E-state index in [1.807, 2.05) is 13.0 Å². The first kappa shape index (κ1) is 12.0. The topological polar surface area (TPSA) is 71.6 Å². The average Bonchev–Trinajstić information content (AvgIpc) is 2.38. The second-order valence-electron chi connectivity index (χ2n) is 4.01. The lowest BCUT2D eigenvalue weighted by molar-refractivity contribution is 0.810. The third-order valence-electron chi connectivity index (χ3n) is 3.03. The maximum absolute atomic E-state index is 11.9. The summed E-state index contributed by atoms with van der Waals surface area (Å²) in [5.41, 5.74) is 1.99. The smallest absolute Gasteiger partial charge is 0.268 e. The van der Waals surface area contributed by atoms with E-state index in [1.54, 1.807) is 32.4 Å². The van der Waals surface area contributed by atoms with Gasteiger partial charge in [0.1, 0.15) is 11.6 Å². The number of nitrogens with zero attached hydrogens (tertiary/aromatic N) is 4.